The Hall–Kier alpha value is -4.44. The highest BCUT2D eigenvalue weighted by molar-refractivity contribution is 6.10. The van der Waals surface area contributed by atoms with Crippen LogP contribution in [0.3, 0.4) is 0 Å². The van der Waals surface area contributed by atoms with Crippen molar-refractivity contribution in [1.82, 2.24) is 0 Å². The lowest BCUT2D eigenvalue weighted by molar-refractivity contribution is -0.163. The molecule has 5 nitrogen and oxygen atoms in total. The summed E-state index contributed by atoms with van der Waals surface area (Å²) in [5.74, 6) is -8.56. The minimum atomic E-state index is -6.44. The summed E-state index contributed by atoms with van der Waals surface area (Å²) in [6, 6.07) is 4.71. The van der Waals surface area contributed by atoms with Crippen LogP contribution in [0.4, 0.5) is 52.7 Å². The summed E-state index contributed by atoms with van der Waals surface area (Å²) < 4.78 is 173. The van der Waals surface area contributed by atoms with Crippen LogP contribution in [0.1, 0.15) is 43.0 Å². The summed E-state index contributed by atoms with van der Waals surface area (Å²) in [7, 11) is 0. The predicted molar refractivity (Wildman–Crippen MR) is 112 cm³/mol. The minimum absolute atomic E-state index is 0.0846. The highest BCUT2D eigenvalue weighted by atomic mass is 19.4. The molecule has 2 N–H and O–H groups in total. The largest absolute Gasteiger partial charge is 0.478 e. The Bertz CT molecular complexity index is 1500. The molecule has 0 aliphatic rings. The molecule has 0 unspecified atom stereocenters. The Kier molecular flexibility index (Phi) is 7.73. The zero-order chi connectivity index (χ0) is 31.3. The number of carboxylic acid groups (broad SMARTS) is 2. The monoisotopic (exact) mass is 606 g/mol. The van der Waals surface area contributed by atoms with E-state index in [-0.39, 0.29) is 18.2 Å². The third-order valence-corrected chi connectivity index (χ3v) is 5.33. The zero-order valence-electron chi connectivity index (χ0n) is 19.3. The fourth-order valence-electron chi connectivity index (χ4n) is 3.98. The van der Waals surface area contributed by atoms with Gasteiger partial charge in [0.15, 0.2) is 5.75 Å². The van der Waals surface area contributed by atoms with E-state index in [4.69, 9.17) is 4.74 Å². The van der Waals surface area contributed by atoms with Gasteiger partial charge < -0.3 is 14.9 Å². The number of aromatic carboxylic acids is 2. The molecule has 0 radical (unpaired) electrons. The average molecular weight is 606 g/mol. The van der Waals surface area contributed by atoms with Gasteiger partial charge in [-0.25, -0.2) is 9.59 Å². The van der Waals surface area contributed by atoms with Crippen molar-refractivity contribution in [2.75, 3.05) is 0 Å². The summed E-state index contributed by atoms with van der Waals surface area (Å²) in [6.07, 6.45) is -24.9. The summed E-state index contributed by atoms with van der Waals surface area (Å²) in [6.45, 7) is 0. The van der Waals surface area contributed by atoms with Gasteiger partial charge in [-0.1, -0.05) is 30.3 Å². The van der Waals surface area contributed by atoms with Crippen LogP contribution < -0.4 is 4.74 Å². The number of ether oxygens (including phenoxy) is 1. The molecule has 0 saturated carbocycles. The van der Waals surface area contributed by atoms with Crippen LogP contribution in [0.15, 0.2) is 48.5 Å². The predicted octanol–water partition coefficient (Wildman–Crippen LogP) is 8.62. The van der Waals surface area contributed by atoms with Gasteiger partial charge in [0.2, 0.25) is 0 Å². The number of rotatable bonds is 5. The maximum Gasteiger partial charge on any atom is 0.420 e. The Balaban J connectivity index is 2.81. The van der Waals surface area contributed by atoms with Crippen LogP contribution in [0, 0.1) is 0 Å². The first kappa shape index (κ1) is 31.1. The average Bonchev–Trinajstić information content (AvgIpc) is 2.80. The molecular weight excluding hydrogens is 596 g/mol. The highest BCUT2D eigenvalue weighted by Gasteiger charge is 2.53. The van der Waals surface area contributed by atoms with Gasteiger partial charge in [-0.05, 0) is 23.8 Å². The maximum atomic E-state index is 14.4. The SMILES string of the molecule is O=C(O)c1c(Oc2ccccc2)c(C(F)(F)F)c(C(F)(F)F)c(-c2cccc(C(F)(F)F)c2C(F)(F)F)c1C(=O)O. The van der Waals surface area contributed by atoms with E-state index in [2.05, 4.69) is 0 Å². The van der Waals surface area contributed by atoms with Crippen molar-refractivity contribution in [2.24, 2.45) is 0 Å². The molecular formula is C24H10F12O5. The molecule has 0 bridgehead atoms. The standard InChI is InChI=1S/C24H10F12O5/c25-21(26,27)11-8-4-7-10(15(11)22(28,29)30)12-13(19(37)38)14(20(39)40)18(41-9-5-2-1-3-6-9)17(24(34,35)36)16(12)23(31,32)33/h1-8H,(H,37,38)(H,39,40). The summed E-state index contributed by atoms with van der Waals surface area (Å²) in [4.78, 5) is 24.2. The topological polar surface area (TPSA) is 83.8 Å². The molecule has 3 rings (SSSR count). The van der Waals surface area contributed by atoms with Crippen molar-refractivity contribution in [1.29, 1.82) is 0 Å². The Morgan fingerprint density at radius 1 is 0.561 bits per heavy atom. The van der Waals surface area contributed by atoms with Crippen molar-refractivity contribution in [3.8, 4) is 22.6 Å². The number of para-hydroxylation sites is 1. The van der Waals surface area contributed by atoms with E-state index in [1.54, 1.807) is 0 Å². The molecule has 0 fully saturated rings. The van der Waals surface area contributed by atoms with Gasteiger partial charge >= 0.3 is 36.6 Å². The molecule has 0 saturated heterocycles. The Labute approximate surface area is 219 Å². The van der Waals surface area contributed by atoms with Crippen molar-refractivity contribution in [3.05, 3.63) is 81.9 Å². The summed E-state index contributed by atoms with van der Waals surface area (Å²) >= 11 is 0. The van der Waals surface area contributed by atoms with Gasteiger partial charge in [0.05, 0.1) is 22.3 Å². The minimum Gasteiger partial charge on any atom is -0.478 e. The maximum absolute atomic E-state index is 14.4. The molecule has 0 aliphatic heterocycles. The molecule has 3 aromatic carbocycles. The molecule has 17 heteroatoms. The van der Waals surface area contributed by atoms with Gasteiger partial charge in [-0.15, -0.1) is 0 Å². The molecule has 0 aromatic heterocycles. The van der Waals surface area contributed by atoms with E-state index in [1.807, 2.05) is 0 Å². The number of hydrogen-bond acceptors (Lipinski definition) is 3. The first-order valence-electron chi connectivity index (χ1n) is 10.4. The van der Waals surface area contributed by atoms with Crippen LogP contribution in [0.5, 0.6) is 11.5 Å². The van der Waals surface area contributed by atoms with Crippen LogP contribution in [-0.2, 0) is 24.7 Å². The zero-order valence-corrected chi connectivity index (χ0v) is 19.3. The van der Waals surface area contributed by atoms with Crippen molar-refractivity contribution in [2.45, 2.75) is 24.7 Å². The van der Waals surface area contributed by atoms with E-state index < -0.39 is 92.7 Å². The molecule has 0 spiro atoms. The lowest BCUT2D eigenvalue weighted by Gasteiger charge is -2.28. The quantitative estimate of drug-likeness (QED) is 0.284. The Morgan fingerprint density at radius 3 is 1.46 bits per heavy atom. The Morgan fingerprint density at radius 2 is 1.05 bits per heavy atom. The van der Waals surface area contributed by atoms with E-state index >= 15 is 0 Å². The summed E-state index contributed by atoms with van der Waals surface area (Å²) in [5.41, 5.74) is -21.5. The van der Waals surface area contributed by atoms with Gasteiger partial charge in [-0.2, -0.15) is 52.7 Å². The lowest BCUT2D eigenvalue weighted by Crippen LogP contribution is -2.26. The number of hydrogen-bond donors (Lipinski definition) is 2. The number of carboxylic acids is 2. The molecule has 0 heterocycles. The van der Waals surface area contributed by atoms with Crippen molar-refractivity contribution in [3.63, 3.8) is 0 Å². The number of carbonyl (C=O) groups is 2. The number of benzene rings is 3. The summed E-state index contributed by atoms with van der Waals surface area (Å²) in [5, 5.41) is 19.3. The molecule has 0 atom stereocenters. The van der Waals surface area contributed by atoms with Crippen LogP contribution in [0.2, 0.25) is 0 Å². The van der Waals surface area contributed by atoms with E-state index in [0.29, 0.717) is 0 Å². The van der Waals surface area contributed by atoms with Crippen molar-refractivity contribution < 1.29 is 77.2 Å². The molecule has 41 heavy (non-hydrogen) atoms. The number of alkyl halides is 12. The van der Waals surface area contributed by atoms with Gasteiger partial charge in [-0.3, -0.25) is 0 Å². The van der Waals surface area contributed by atoms with Gasteiger partial charge in [0.1, 0.15) is 16.9 Å². The van der Waals surface area contributed by atoms with E-state index in [0.717, 1.165) is 24.3 Å². The second kappa shape index (κ2) is 10.2. The van der Waals surface area contributed by atoms with Crippen molar-refractivity contribution >= 4 is 11.9 Å². The van der Waals surface area contributed by atoms with Crippen LogP contribution in [-0.4, -0.2) is 22.2 Å². The van der Waals surface area contributed by atoms with Gasteiger partial charge in [0.25, 0.3) is 0 Å². The molecule has 3 aromatic rings. The number of halogens is 12. The third kappa shape index (κ3) is 6.02. The fraction of sp³-hybridized carbons (Fsp3) is 0.167. The van der Waals surface area contributed by atoms with Crippen LogP contribution >= 0.6 is 0 Å². The highest BCUT2D eigenvalue weighted by Crippen LogP contribution is 2.55. The smallest absolute Gasteiger partial charge is 0.420 e. The van der Waals surface area contributed by atoms with Crippen LogP contribution in [0.25, 0.3) is 11.1 Å². The second-order valence-electron chi connectivity index (χ2n) is 7.95. The van der Waals surface area contributed by atoms with E-state index in [1.165, 1.54) is 6.07 Å². The van der Waals surface area contributed by atoms with E-state index in [9.17, 15) is 72.5 Å². The second-order valence-corrected chi connectivity index (χ2v) is 7.95. The fourth-order valence-corrected chi connectivity index (χ4v) is 3.98. The lowest BCUT2D eigenvalue weighted by atomic mass is 9.82. The normalized spacial score (nSPS) is 12.8. The molecule has 0 amide bonds. The molecule has 0 aliphatic carbocycles. The first-order valence-corrected chi connectivity index (χ1v) is 10.4. The third-order valence-electron chi connectivity index (χ3n) is 5.33. The first-order chi connectivity index (χ1) is 18.6. The van der Waals surface area contributed by atoms with Gasteiger partial charge in [0, 0.05) is 5.56 Å². The molecule has 220 valence electrons.